The Bertz CT molecular complexity index is 595. The lowest BCUT2D eigenvalue weighted by molar-refractivity contribution is 0.357. The highest BCUT2D eigenvalue weighted by Crippen LogP contribution is 2.28. The summed E-state index contributed by atoms with van der Waals surface area (Å²) in [7, 11) is 0. The predicted molar refractivity (Wildman–Crippen MR) is 74.4 cm³/mol. The quantitative estimate of drug-likeness (QED) is 0.915. The zero-order valence-electron chi connectivity index (χ0n) is 10.2. The second-order valence-corrected chi connectivity index (χ2v) is 4.99. The van der Waals surface area contributed by atoms with Gasteiger partial charge in [-0.05, 0) is 47.5 Å². The van der Waals surface area contributed by atoms with Crippen molar-refractivity contribution in [2.24, 2.45) is 0 Å². The fraction of sp³-hybridized carbons (Fsp3) is 0.200. The maximum absolute atomic E-state index is 13.2. The van der Waals surface area contributed by atoms with Crippen LogP contribution in [0.15, 0.2) is 36.4 Å². The van der Waals surface area contributed by atoms with Crippen LogP contribution in [0.1, 0.15) is 11.1 Å². The third kappa shape index (κ3) is 2.82. The summed E-state index contributed by atoms with van der Waals surface area (Å²) in [5.74, 6) is 0.644. The molecule has 1 heterocycles. The summed E-state index contributed by atoms with van der Waals surface area (Å²) in [6.45, 7) is 1.29. The highest BCUT2D eigenvalue weighted by Gasteiger charge is 2.11. The van der Waals surface area contributed by atoms with Crippen molar-refractivity contribution in [1.29, 1.82) is 0 Å². The van der Waals surface area contributed by atoms with Crippen LogP contribution in [0.4, 0.5) is 10.1 Å². The SMILES string of the molecule is Fc1cc(Cl)cc(CNc2ccc3c(c2)CCO3)c1. The third-order valence-corrected chi connectivity index (χ3v) is 3.33. The summed E-state index contributed by atoms with van der Waals surface area (Å²) < 4.78 is 18.7. The van der Waals surface area contributed by atoms with E-state index in [0.717, 1.165) is 30.0 Å². The molecule has 1 aliphatic heterocycles. The molecule has 2 aromatic rings. The largest absolute Gasteiger partial charge is 0.493 e. The highest BCUT2D eigenvalue weighted by atomic mass is 35.5. The molecule has 4 heteroatoms. The Morgan fingerprint density at radius 1 is 1.21 bits per heavy atom. The molecule has 1 N–H and O–H groups in total. The third-order valence-electron chi connectivity index (χ3n) is 3.11. The van der Waals surface area contributed by atoms with E-state index in [2.05, 4.69) is 11.4 Å². The normalized spacial score (nSPS) is 12.9. The van der Waals surface area contributed by atoms with Gasteiger partial charge in [-0.15, -0.1) is 0 Å². The van der Waals surface area contributed by atoms with Gasteiger partial charge in [-0.1, -0.05) is 11.6 Å². The summed E-state index contributed by atoms with van der Waals surface area (Å²) in [6, 6.07) is 10.5. The van der Waals surface area contributed by atoms with Gasteiger partial charge in [-0.25, -0.2) is 4.39 Å². The molecule has 0 bridgehead atoms. The smallest absolute Gasteiger partial charge is 0.125 e. The van der Waals surface area contributed by atoms with E-state index < -0.39 is 0 Å². The molecule has 0 amide bonds. The number of ether oxygens (including phenoxy) is 1. The zero-order chi connectivity index (χ0) is 13.2. The minimum absolute atomic E-state index is 0.313. The summed E-state index contributed by atoms with van der Waals surface area (Å²) in [6.07, 6.45) is 0.941. The van der Waals surface area contributed by atoms with Crippen molar-refractivity contribution in [1.82, 2.24) is 0 Å². The van der Waals surface area contributed by atoms with Crippen molar-refractivity contribution in [2.45, 2.75) is 13.0 Å². The van der Waals surface area contributed by atoms with Crippen LogP contribution in [0, 0.1) is 5.82 Å². The van der Waals surface area contributed by atoms with Crippen molar-refractivity contribution >= 4 is 17.3 Å². The summed E-state index contributed by atoms with van der Waals surface area (Å²) >= 11 is 5.82. The van der Waals surface area contributed by atoms with Gasteiger partial charge in [0.25, 0.3) is 0 Å². The van der Waals surface area contributed by atoms with E-state index in [1.165, 1.54) is 17.7 Å². The Morgan fingerprint density at radius 2 is 2.11 bits per heavy atom. The van der Waals surface area contributed by atoms with Gasteiger partial charge in [0.15, 0.2) is 0 Å². The first-order valence-electron chi connectivity index (χ1n) is 6.15. The first-order chi connectivity index (χ1) is 9.20. The predicted octanol–water partition coefficient (Wildman–Crippen LogP) is 4.03. The molecule has 0 saturated carbocycles. The Morgan fingerprint density at radius 3 is 2.95 bits per heavy atom. The molecule has 3 rings (SSSR count). The molecule has 2 aromatic carbocycles. The lowest BCUT2D eigenvalue weighted by Gasteiger charge is -2.08. The van der Waals surface area contributed by atoms with E-state index in [0.29, 0.717) is 11.6 Å². The van der Waals surface area contributed by atoms with Gasteiger partial charge in [-0.2, -0.15) is 0 Å². The van der Waals surface area contributed by atoms with E-state index in [9.17, 15) is 4.39 Å². The number of halogens is 2. The highest BCUT2D eigenvalue weighted by molar-refractivity contribution is 6.30. The Kier molecular flexibility index (Phi) is 3.30. The minimum atomic E-state index is -0.313. The molecule has 0 saturated heterocycles. The molecule has 19 heavy (non-hydrogen) atoms. The monoisotopic (exact) mass is 277 g/mol. The van der Waals surface area contributed by atoms with Crippen LogP contribution in [0.2, 0.25) is 5.02 Å². The van der Waals surface area contributed by atoms with Crippen LogP contribution < -0.4 is 10.1 Å². The first kappa shape index (κ1) is 12.3. The molecule has 0 unspecified atom stereocenters. The Hall–Kier alpha value is -1.74. The number of nitrogens with one attached hydrogen (secondary N) is 1. The zero-order valence-corrected chi connectivity index (χ0v) is 11.0. The molecule has 0 aliphatic carbocycles. The number of benzene rings is 2. The second-order valence-electron chi connectivity index (χ2n) is 4.55. The average Bonchev–Trinajstić information content (AvgIpc) is 2.82. The maximum atomic E-state index is 13.2. The van der Waals surface area contributed by atoms with Gasteiger partial charge in [0, 0.05) is 23.7 Å². The summed E-state index contributed by atoms with van der Waals surface area (Å²) in [5, 5.41) is 3.68. The summed E-state index contributed by atoms with van der Waals surface area (Å²) in [5.41, 5.74) is 3.04. The van der Waals surface area contributed by atoms with Crippen LogP contribution in [0.5, 0.6) is 5.75 Å². The fourth-order valence-corrected chi connectivity index (χ4v) is 2.46. The minimum Gasteiger partial charge on any atom is -0.493 e. The van der Waals surface area contributed by atoms with Crippen LogP contribution >= 0.6 is 11.6 Å². The number of fused-ring (bicyclic) bond motifs is 1. The summed E-state index contributed by atoms with van der Waals surface area (Å²) in [4.78, 5) is 0. The average molecular weight is 278 g/mol. The molecule has 98 valence electrons. The van der Waals surface area contributed by atoms with E-state index in [4.69, 9.17) is 16.3 Å². The van der Waals surface area contributed by atoms with Crippen molar-refractivity contribution in [2.75, 3.05) is 11.9 Å². The van der Waals surface area contributed by atoms with Gasteiger partial charge in [0.05, 0.1) is 6.61 Å². The van der Waals surface area contributed by atoms with E-state index >= 15 is 0 Å². The topological polar surface area (TPSA) is 21.3 Å². The molecular formula is C15H13ClFNO. The van der Waals surface area contributed by atoms with Crippen LogP contribution in [0.3, 0.4) is 0 Å². The van der Waals surface area contributed by atoms with Crippen molar-refractivity contribution < 1.29 is 9.13 Å². The molecule has 0 atom stereocenters. The number of anilines is 1. The van der Waals surface area contributed by atoms with Gasteiger partial charge < -0.3 is 10.1 Å². The van der Waals surface area contributed by atoms with Gasteiger partial charge in [0.1, 0.15) is 11.6 Å². The van der Waals surface area contributed by atoms with Crippen LogP contribution in [-0.4, -0.2) is 6.61 Å². The van der Waals surface area contributed by atoms with E-state index in [-0.39, 0.29) is 5.82 Å². The number of hydrogen-bond donors (Lipinski definition) is 1. The lowest BCUT2D eigenvalue weighted by atomic mass is 10.1. The maximum Gasteiger partial charge on any atom is 0.125 e. The molecule has 0 spiro atoms. The van der Waals surface area contributed by atoms with Crippen LogP contribution in [0.25, 0.3) is 0 Å². The second kappa shape index (κ2) is 5.10. The molecule has 2 nitrogen and oxygen atoms in total. The van der Waals surface area contributed by atoms with Crippen molar-refractivity contribution in [3.05, 3.63) is 58.4 Å². The standard InChI is InChI=1S/C15H13ClFNO/c16-12-5-10(6-13(17)8-12)9-18-14-1-2-15-11(7-14)3-4-19-15/h1-2,5-8,18H,3-4,9H2. The lowest BCUT2D eigenvalue weighted by Crippen LogP contribution is -2.00. The molecule has 0 aromatic heterocycles. The number of rotatable bonds is 3. The van der Waals surface area contributed by atoms with Crippen LogP contribution in [-0.2, 0) is 13.0 Å². The van der Waals surface area contributed by atoms with Crippen molar-refractivity contribution in [3.8, 4) is 5.75 Å². The Balaban J connectivity index is 1.72. The van der Waals surface area contributed by atoms with E-state index in [1.54, 1.807) is 6.07 Å². The molecule has 1 aliphatic rings. The first-order valence-corrected chi connectivity index (χ1v) is 6.53. The fourth-order valence-electron chi connectivity index (χ4n) is 2.21. The van der Waals surface area contributed by atoms with Crippen molar-refractivity contribution in [3.63, 3.8) is 0 Å². The number of hydrogen-bond acceptors (Lipinski definition) is 2. The molecular weight excluding hydrogens is 265 g/mol. The molecule has 0 radical (unpaired) electrons. The van der Waals surface area contributed by atoms with Gasteiger partial charge >= 0.3 is 0 Å². The van der Waals surface area contributed by atoms with Gasteiger partial charge in [-0.3, -0.25) is 0 Å². The van der Waals surface area contributed by atoms with E-state index in [1.807, 2.05) is 12.1 Å². The molecule has 0 fully saturated rings. The van der Waals surface area contributed by atoms with Gasteiger partial charge in [0.2, 0.25) is 0 Å². The Labute approximate surface area is 116 Å².